The molecule has 0 N–H and O–H groups in total. The highest BCUT2D eigenvalue weighted by atomic mass is 19.1. The number of rotatable bonds is 5. The third-order valence-corrected chi connectivity index (χ3v) is 6.36. The van der Waals surface area contributed by atoms with Gasteiger partial charge in [0.25, 0.3) is 0 Å². The van der Waals surface area contributed by atoms with Crippen molar-refractivity contribution in [1.29, 1.82) is 0 Å². The predicted molar refractivity (Wildman–Crippen MR) is 121 cm³/mol. The van der Waals surface area contributed by atoms with Crippen LogP contribution in [0.25, 0.3) is 0 Å². The minimum atomic E-state index is -0.329. The first-order valence-electron chi connectivity index (χ1n) is 11.5. The third-order valence-electron chi connectivity index (χ3n) is 6.36. The largest absolute Gasteiger partial charge is 0.342 e. The summed E-state index contributed by atoms with van der Waals surface area (Å²) in [5.41, 5.74) is 2.28. The predicted octanol–water partition coefficient (Wildman–Crippen LogP) is 4.16. The summed E-state index contributed by atoms with van der Waals surface area (Å²) in [6.07, 6.45) is 3.32. The van der Waals surface area contributed by atoms with E-state index in [1.165, 1.54) is 6.07 Å². The highest BCUT2D eigenvalue weighted by Crippen LogP contribution is 2.33. The van der Waals surface area contributed by atoms with Crippen molar-refractivity contribution >= 4 is 17.6 Å². The molecule has 2 amide bonds. The summed E-state index contributed by atoms with van der Waals surface area (Å²) < 4.78 is 14.3. The number of piperidine rings is 1. The number of halogens is 1. The average Bonchev–Trinajstić information content (AvgIpc) is 2.76. The van der Waals surface area contributed by atoms with Gasteiger partial charge in [0.2, 0.25) is 11.8 Å². The average molecular weight is 439 g/mol. The van der Waals surface area contributed by atoms with Crippen molar-refractivity contribution in [3.05, 3.63) is 52.7 Å². The topological polar surface area (TPSA) is 66.4 Å². The van der Waals surface area contributed by atoms with E-state index in [2.05, 4.69) is 13.8 Å². The van der Waals surface area contributed by atoms with Crippen LogP contribution in [0.2, 0.25) is 0 Å². The van der Waals surface area contributed by atoms with Gasteiger partial charge in [-0.2, -0.15) is 0 Å². The fourth-order valence-corrected chi connectivity index (χ4v) is 4.64. The Balaban J connectivity index is 1.63. The molecular weight excluding hydrogens is 407 g/mol. The molecule has 0 spiro atoms. The van der Waals surface area contributed by atoms with E-state index in [1.807, 2.05) is 11.8 Å². The zero-order valence-electron chi connectivity index (χ0n) is 19.1. The van der Waals surface area contributed by atoms with E-state index in [-0.39, 0.29) is 30.1 Å². The fraction of sp³-hybridized carbons (Fsp3) is 0.520. The summed E-state index contributed by atoms with van der Waals surface area (Å²) >= 11 is 0. The van der Waals surface area contributed by atoms with Crippen LogP contribution in [0.15, 0.2) is 24.3 Å². The van der Waals surface area contributed by atoms with Crippen LogP contribution in [0.5, 0.6) is 0 Å². The molecule has 2 aliphatic heterocycles. The van der Waals surface area contributed by atoms with E-state index in [1.54, 1.807) is 23.1 Å². The van der Waals surface area contributed by atoms with Crippen LogP contribution in [-0.2, 0) is 22.6 Å². The molecule has 32 heavy (non-hydrogen) atoms. The maximum atomic E-state index is 14.3. The van der Waals surface area contributed by atoms with Gasteiger partial charge in [0.1, 0.15) is 17.5 Å². The van der Waals surface area contributed by atoms with Gasteiger partial charge in [-0.3, -0.25) is 14.5 Å². The van der Waals surface area contributed by atoms with Crippen LogP contribution in [0, 0.1) is 18.7 Å². The quantitative estimate of drug-likeness (QED) is 0.703. The van der Waals surface area contributed by atoms with Crippen molar-refractivity contribution in [2.45, 2.75) is 65.3 Å². The number of aromatic nitrogens is 2. The molecule has 0 unspecified atom stereocenters. The highest BCUT2D eigenvalue weighted by Gasteiger charge is 2.32. The minimum Gasteiger partial charge on any atom is -0.342 e. The third kappa shape index (κ3) is 4.66. The summed E-state index contributed by atoms with van der Waals surface area (Å²) in [5, 5.41) is 0. The second-order valence-electron chi connectivity index (χ2n) is 9.32. The lowest BCUT2D eigenvalue weighted by Crippen LogP contribution is -2.40. The molecule has 1 aromatic heterocycles. The van der Waals surface area contributed by atoms with Gasteiger partial charge in [-0.25, -0.2) is 14.4 Å². The number of carbonyl (C=O) groups is 2. The summed E-state index contributed by atoms with van der Waals surface area (Å²) in [6.45, 7) is 7.57. The molecule has 0 bridgehead atoms. The van der Waals surface area contributed by atoms with Gasteiger partial charge in [-0.15, -0.1) is 0 Å². The number of amides is 2. The molecule has 0 radical (unpaired) electrons. The Morgan fingerprint density at radius 1 is 1.22 bits per heavy atom. The maximum absolute atomic E-state index is 14.3. The number of fused-ring (bicyclic) bond motifs is 1. The van der Waals surface area contributed by atoms with E-state index < -0.39 is 0 Å². The summed E-state index contributed by atoms with van der Waals surface area (Å²) in [5.74, 6) is 1.43. The van der Waals surface area contributed by atoms with Gasteiger partial charge in [0.15, 0.2) is 0 Å². The summed E-state index contributed by atoms with van der Waals surface area (Å²) in [6, 6.07) is 6.52. The summed E-state index contributed by atoms with van der Waals surface area (Å²) in [7, 11) is 0. The van der Waals surface area contributed by atoms with Crippen molar-refractivity contribution in [3.63, 3.8) is 0 Å². The number of carbonyl (C=O) groups excluding carboxylic acids is 2. The molecule has 4 rings (SSSR count). The zero-order chi connectivity index (χ0) is 22.8. The number of hydrogen-bond acceptors (Lipinski definition) is 4. The van der Waals surface area contributed by atoms with Crippen LogP contribution in [-0.4, -0.2) is 39.8 Å². The molecule has 2 aliphatic rings. The molecule has 7 heteroatoms. The van der Waals surface area contributed by atoms with Gasteiger partial charge in [0.05, 0.1) is 6.54 Å². The van der Waals surface area contributed by atoms with Crippen molar-refractivity contribution < 1.29 is 14.0 Å². The number of benzene rings is 1. The summed E-state index contributed by atoms with van der Waals surface area (Å²) in [4.78, 5) is 38.6. The first kappa shape index (κ1) is 22.4. The number of nitrogens with zero attached hydrogens (tertiary/aromatic N) is 4. The molecule has 1 saturated heterocycles. The van der Waals surface area contributed by atoms with Crippen LogP contribution >= 0.6 is 0 Å². The molecule has 0 saturated carbocycles. The van der Waals surface area contributed by atoms with Gasteiger partial charge in [-0.05, 0) is 38.2 Å². The second kappa shape index (κ2) is 9.35. The van der Waals surface area contributed by atoms with Gasteiger partial charge in [-0.1, -0.05) is 32.0 Å². The first-order valence-corrected chi connectivity index (χ1v) is 11.5. The standard InChI is InChI=1S/C25H31FN4O2/c1-16(2)13-23(32)29-12-6-8-19(14-29)24-27-17(3)20-10-11-22(31)30(25(20)28-24)15-18-7-4-5-9-21(18)26/h4-5,7,9,16,19H,6,8,10-15H2,1-3H3/t19-/m0/s1. The molecule has 3 heterocycles. The lowest BCUT2D eigenvalue weighted by molar-refractivity contribution is -0.133. The Morgan fingerprint density at radius 3 is 2.75 bits per heavy atom. The molecule has 1 aromatic carbocycles. The number of hydrogen-bond donors (Lipinski definition) is 0. The van der Waals surface area contributed by atoms with Crippen LogP contribution in [0.1, 0.15) is 68.1 Å². The molecule has 0 aliphatic carbocycles. The van der Waals surface area contributed by atoms with E-state index in [4.69, 9.17) is 9.97 Å². The molecule has 170 valence electrons. The Bertz CT molecular complexity index is 1020. The van der Waals surface area contributed by atoms with Crippen LogP contribution in [0.4, 0.5) is 10.2 Å². The Hall–Kier alpha value is -2.83. The number of likely N-dealkylation sites (tertiary alicyclic amines) is 1. The first-order chi connectivity index (χ1) is 15.3. The number of anilines is 1. The zero-order valence-corrected chi connectivity index (χ0v) is 19.1. The number of aryl methyl sites for hydroxylation is 1. The maximum Gasteiger partial charge on any atom is 0.228 e. The highest BCUT2D eigenvalue weighted by molar-refractivity contribution is 5.95. The lowest BCUT2D eigenvalue weighted by atomic mass is 9.95. The fourth-order valence-electron chi connectivity index (χ4n) is 4.64. The minimum absolute atomic E-state index is 0.0382. The van der Waals surface area contributed by atoms with Crippen molar-refractivity contribution in [2.24, 2.45) is 5.92 Å². The molecular formula is C25H31FN4O2. The van der Waals surface area contributed by atoms with E-state index in [9.17, 15) is 14.0 Å². The van der Waals surface area contributed by atoms with Gasteiger partial charge in [0, 0.05) is 48.7 Å². The van der Waals surface area contributed by atoms with Gasteiger partial charge >= 0.3 is 0 Å². The van der Waals surface area contributed by atoms with E-state index in [0.29, 0.717) is 48.9 Å². The van der Waals surface area contributed by atoms with Crippen LogP contribution in [0.3, 0.4) is 0 Å². The van der Waals surface area contributed by atoms with E-state index in [0.717, 1.165) is 30.6 Å². The molecule has 2 aromatic rings. The monoisotopic (exact) mass is 438 g/mol. The molecule has 1 atom stereocenters. The Morgan fingerprint density at radius 2 is 2.00 bits per heavy atom. The van der Waals surface area contributed by atoms with E-state index >= 15 is 0 Å². The lowest BCUT2D eigenvalue weighted by Gasteiger charge is -2.34. The van der Waals surface area contributed by atoms with Crippen LogP contribution < -0.4 is 4.90 Å². The Kier molecular flexibility index (Phi) is 6.53. The van der Waals surface area contributed by atoms with Gasteiger partial charge < -0.3 is 4.90 Å². The smallest absolute Gasteiger partial charge is 0.228 e. The van der Waals surface area contributed by atoms with Crippen molar-refractivity contribution in [2.75, 3.05) is 18.0 Å². The normalized spacial score (nSPS) is 18.8. The molecule has 6 nitrogen and oxygen atoms in total. The second-order valence-corrected chi connectivity index (χ2v) is 9.32. The van der Waals surface area contributed by atoms with Crippen molar-refractivity contribution in [1.82, 2.24) is 14.9 Å². The Labute approximate surface area is 188 Å². The SMILES string of the molecule is Cc1nc([C@H]2CCCN(C(=O)CC(C)C)C2)nc2c1CCC(=O)N2Cc1ccccc1F. The molecule has 1 fully saturated rings. The van der Waals surface area contributed by atoms with Crippen molar-refractivity contribution in [3.8, 4) is 0 Å².